The van der Waals surface area contributed by atoms with Gasteiger partial charge in [-0.15, -0.1) is 11.3 Å². The van der Waals surface area contributed by atoms with Gasteiger partial charge in [0.15, 0.2) is 11.6 Å². The van der Waals surface area contributed by atoms with Crippen LogP contribution in [0.25, 0.3) is 0 Å². The summed E-state index contributed by atoms with van der Waals surface area (Å²) in [7, 11) is 0. The average Bonchev–Trinajstić information content (AvgIpc) is 2.81. The van der Waals surface area contributed by atoms with Gasteiger partial charge in [-0.2, -0.15) is 0 Å². The molecule has 1 unspecified atom stereocenters. The number of nitrogens with one attached hydrogen (secondary N) is 1. The first-order chi connectivity index (χ1) is 9.86. The number of anilines is 2. The maximum absolute atomic E-state index is 13.8. The van der Waals surface area contributed by atoms with Gasteiger partial charge in [0, 0.05) is 21.9 Å². The number of rotatable bonds is 5. The van der Waals surface area contributed by atoms with E-state index in [2.05, 4.69) is 31.3 Å². The van der Waals surface area contributed by atoms with E-state index in [1.807, 2.05) is 13.8 Å². The molecule has 1 heterocycles. The molecule has 0 saturated carbocycles. The van der Waals surface area contributed by atoms with Crippen LogP contribution in [0.3, 0.4) is 0 Å². The standard InChI is InChI=1S/C16H21FN2OS/c1-9(2)20-15-8-14(13(18)7-12(15)17)19-11(4)16-6-5-10(3)21-16/h5-9,11,19H,18H2,1-4H3. The van der Waals surface area contributed by atoms with E-state index in [4.69, 9.17) is 10.5 Å². The first kappa shape index (κ1) is 15.6. The molecule has 0 aliphatic rings. The van der Waals surface area contributed by atoms with Crippen LogP contribution in [0, 0.1) is 12.7 Å². The molecule has 5 heteroatoms. The zero-order chi connectivity index (χ0) is 15.6. The number of hydrogen-bond acceptors (Lipinski definition) is 4. The number of halogens is 1. The van der Waals surface area contributed by atoms with Gasteiger partial charge in [0.1, 0.15) is 0 Å². The summed E-state index contributed by atoms with van der Waals surface area (Å²) in [6.45, 7) is 7.85. The average molecular weight is 308 g/mol. The number of benzene rings is 1. The third-order valence-electron chi connectivity index (χ3n) is 3.03. The lowest BCUT2D eigenvalue weighted by Gasteiger charge is -2.18. The Bertz CT molecular complexity index is 625. The third-order valence-corrected chi connectivity index (χ3v) is 4.21. The van der Waals surface area contributed by atoms with Gasteiger partial charge < -0.3 is 15.8 Å². The molecule has 3 nitrogen and oxygen atoms in total. The van der Waals surface area contributed by atoms with Crippen molar-refractivity contribution in [2.45, 2.75) is 39.8 Å². The Balaban J connectivity index is 2.22. The van der Waals surface area contributed by atoms with Crippen molar-refractivity contribution in [3.63, 3.8) is 0 Å². The van der Waals surface area contributed by atoms with E-state index in [1.54, 1.807) is 17.4 Å². The van der Waals surface area contributed by atoms with Gasteiger partial charge in [-0.3, -0.25) is 0 Å². The van der Waals surface area contributed by atoms with Crippen molar-refractivity contribution in [3.05, 3.63) is 39.8 Å². The lowest BCUT2D eigenvalue weighted by molar-refractivity contribution is 0.231. The number of nitrogens with two attached hydrogens (primary N) is 1. The number of aryl methyl sites for hydroxylation is 1. The molecule has 0 aliphatic heterocycles. The minimum Gasteiger partial charge on any atom is -0.488 e. The minimum atomic E-state index is -0.439. The fraction of sp³-hybridized carbons (Fsp3) is 0.375. The summed E-state index contributed by atoms with van der Waals surface area (Å²) in [4.78, 5) is 2.47. The second kappa shape index (κ2) is 6.35. The minimum absolute atomic E-state index is 0.0895. The van der Waals surface area contributed by atoms with Gasteiger partial charge in [0.25, 0.3) is 0 Å². The summed E-state index contributed by atoms with van der Waals surface area (Å²) < 4.78 is 19.3. The SMILES string of the molecule is Cc1ccc(C(C)Nc2cc(OC(C)C)c(F)cc2N)s1. The first-order valence-corrected chi connectivity index (χ1v) is 7.77. The van der Waals surface area contributed by atoms with Crippen molar-refractivity contribution >= 4 is 22.7 Å². The summed E-state index contributed by atoms with van der Waals surface area (Å²) in [5.41, 5.74) is 6.96. The van der Waals surface area contributed by atoms with E-state index < -0.39 is 5.82 Å². The molecule has 21 heavy (non-hydrogen) atoms. The predicted molar refractivity (Wildman–Crippen MR) is 87.7 cm³/mol. The molecule has 114 valence electrons. The molecule has 0 fully saturated rings. The van der Waals surface area contributed by atoms with Crippen LogP contribution in [-0.2, 0) is 0 Å². The van der Waals surface area contributed by atoms with Crippen LogP contribution in [0.15, 0.2) is 24.3 Å². The van der Waals surface area contributed by atoms with Crippen LogP contribution in [0.2, 0.25) is 0 Å². The quantitative estimate of drug-likeness (QED) is 0.784. The Morgan fingerprint density at radius 3 is 2.52 bits per heavy atom. The normalized spacial score (nSPS) is 12.5. The highest BCUT2D eigenvalue weighted by Crippen LogP contribution is 2.32. The molecular formula is C16H21FN2OS. The number of thiophene rings is 1. The van der Waals surface area contributed by atoms with E-state index in [0.717, 1.165) is 0 Å². The molecule has 0 aliphatic carbocycles. The molecule has 1 aromatic heterocycles. The van der Waals surface area contributed by atoms with E-state index >= 15 is 0 Å². The lowest BCUT2D eigenvalue weighted by Crippen LogP contribution is -2.10. The molecule has 0 amide bonds. The predicted octanol–water partition coefficient (Wildman–Crippen LogP) is 4.74. The lowest BCUT2D eigenvalue weighted by atomic mass is 10.2. The Morgan fingerprint density at radius 1 is 1.24 bits per heavy atom. The van der Waals surface area contributed by atoms with Crippen LogP contribution < -0.4 is 15.8 Å². The van der Waals surface area contributed by atoms with Crippen LogP contribution in [0.1, 0.15) is 36.6 Å². The number of nitrogen functional groups attached to an aromatic ring is 1. The Labute approximate surface area is 128 Å². The van der Waals surface area contributed by atoms with Crippen molar-refractivity contribution < 1.29 is 9.13 Å². The highest BCUT2D eigenvalue weighted by Gasteiger charge is 2.14. The van der Waals surface area contributed by atoms with Gasteiger partial charge in [-0.1, -0.05) is 0 Å². The van der Waals surface area contributed by atoms with Gasteiger partial charge in [-0.25, -0.2) is 4.39 Å². The van der Waals surface area contributed by atoms with E-state index in [9.17, 15) is 4.39 Å². The molecule has 0 spiro atoms. The molecule has 0 bridgehead atoms. The van der Waals surface area contributed by atoms with E-state index in [0.29, 0.717) is 11.4 Å². The molecule has 1 atom stereocenters. The summed E-state index contributed by atoms with van der Waals surface area (Å²) in [6, 6.07) is 7.19. The monoisotopic (exact) mass is 308 g/mol. The molecule has 3 N–H and O–H groups in total. The molecule has 2 aromatic rings. The number of ether oxygens (including phenoxy) is 1. The van der Waals surface area contributed by atoms with Crippen LogP contribution >= 0.6 is 11.3 Å². The van der Waals surface area contributed by atoms with Crippen molar-refractivity contribution in [1.29, 1.82) is 0 Å². The van der Waals surface area contributed by atoms with Crippen molar-refractivity contribution in [2.24, 2.45) is 0 Å². The zero-order valence-electron chi connectivity index (χ0n) is 12.7. The van der Waals surface area contributed by atoms with Crippen molar-refractivity contribution in [1.82, 2.24) is 0 Å². The maximum Gasteiger partial charge on any atom is 0.167 e. The van der Waals surface area contributed by atoms with E-state index in [1.165, 1.54) is 15.8 Å². The largest absolute Gasteiger partial charge is 0.488 e. The third kappa shape index (κ3) is 3.88. The topological polar surface area (TPSA) is 47.3 Å². The van der Waals surface area contributed by atoms with Crippen molar-refractivity contribution in [3.8, 4) is 5.75 Å². The highest BCUT2D eigenvalue weighted by atomic mass is 32.1. The van der Waals surface area contributed by atoms with Crippen LogP contribution in [0.4, 0.5) is 15.8 Å². The fourth-order valence-corrected chi connectivity index (χ4v) is 2.91. The second-order valence-corrected chi connectivity index (χ2v) is 6.67. The smallest absolute Gasteiger partial charge is 0.167 e. The molecule has 1 aromatic carbocycles. The summed E-state index contributed by atoms with van der Waals surface area (Å²) in [5, 5.41) is 3.32. The molecule has 2 rings (SSSR count). The summed E-state index contributed by atoms with van der Waals surface area (Å²) in [5.74, 6) is -0.220. The summed E-state index contributed by atoms with van der Waals surface area (Å²) in [6.07, 6.45) is -0.0895. The van der Waals surface area contributed by atoms with E-state index in [-0.39, 0.29) is 17.9 Å². The number of hydrogen-bond donors (Lipinski definition) is 2. The van der Waals surface area contributed by atoms with Gasteiger partial charge in [0.2, 0.25) is 0 Å². The molecule has 0 saturated heterocycles. The Morgan fingerprint density at radius 2 is 1.95 bits per heavy atom. The van der Waals surface area contributed by atoms with Gasteiger partial charge in [0.05, 0.1) is 23.5 Å². The Hall–Kier alpha value is -1.75. The van der Waals surface area contributed by atoms with Gasteiger partial charge in [-0.05, 0) is 39.8 Å². The Kier molecular flexibility index (Phi) is 4.73. The van der Waals surface area contributed by atoms with Crippen LogP contribution in [-0.4, -0.2) is 6.10 Å². The fourth-order valence-electron chi connectivity index (χ4n) is 2.03. The first-order valence-electron chi connectivity index (χ1n) is 6.95. The summed E-state index contributed by atoms with van der Waals surface area (Å²) >= 11 is 1.73. The van der Waals surface area contributed by atoms with Crippen molar-refractivity contribution in [2.75, 3.05) is 11.1 Å². The molecule has 0 radical (unpaired) electrons. The van der Waals surface area contributed by atoms with Crippen LogP contribution in [0.5, 0.6) is 5.75 Å². The maximum atomic E-state index is 13.8. The second-order valence-electron chi connectivity index (χ2n) is 5.35. The highest BCUT2D eigenvalue weighted by molar-refractivity contribution is 7.12. The molecular weight excluding hydrogens is 287 g/mol. The van der Waals surface area contributed by atoms with Gasteiger partial charge >= 0.3 is 0 Å². The zero-order valence-corrected chi connectivity index (χ0v) is 13.6.